The molecule has 0 saturated heterocycles. The van der Waals surface area contributed by atoms with Gasteiger partial charge in [0.15, 0.2) is 0 Å². The fourth-order valence-corrected chi connectivity index (χ4v) is 10.2. The van der Waals surface area contributed by atoms with Gasteiger partial charge >= 0.3 is 0 Å². The van der Waals surface area contributed by atoms with Gasteiger partial charge in [-0.3, -0.25) is 0 Å². The molecule has 12 rings (SSSR count). The molecule has 10 heteroatoms. The van der Waals surface area contributed by atoms with Crippen LogP contribution in [0.1, 0.15) is 22.5 Å². The molecule has 0 fully saturated rings. The van der Waals surface area contributed by atoms with Gasteiger partial charge in [-0.15, -0.1) is 10.2 Å². The van der Waals surface area contributed by atoms with Gasteiger partial charge in [0, 0.05) is 12.8 Å². The van der Waals surface area contributed by atoms with E-state index < -0.39 is 0 Å². The van der Waals surface area contributed by atoms with E-state index in [0.29, 0.717) is 39.1 Å². The number of nitrogens with zero attached hydrogens (tertiary/aromatic N) is 6. The minimum atomic E-state index is 0.462. The highest BCUT2D eigenvalue weighted by molar-refractivity contribution is 9.10. The molecule has 0 aliphatic carbocycles. The predicted molar refractivity (Wildman–Crippen MR) is 256 cm³/mol. The Morgan fingerprint density at radius 1 is 0.403 bits per heavy atom. The zero-order valence-electron chi connectivity index (χ0n) is 33.4. The van der Waals surface area contributed by atoms with Crippen LogP contribution in [0.5, 0.6) is 11.5 Å². The van der Waals surface area contributed by atoms with Crippen LogP contribution in [-0.2, 0) is 25.9 Å². The number of ether oxygens (including phenoxy) is 2. The molecule has 0 amide bonds. The average Bonchev–Trinajstić information content (AvgIpc) is 3.84. The summed E-state index contributed by atoms with van der Waals surface area (Å²) in [5, 5.41) is 35.5. The van der Waals surface area contributed by atoms with Crippen molar-refractivity contribution in [1.29, 1.82) is 0 Å². The van der Waals surface area contributed by atoms with E-state index in [1.807, 2.05) is 21.5 Å². The first kappa shape index (κ1) is 37.2. The predicted octanol–water partition coefficient (Wildman–Crippen LogP) is 12.7. The Labute approximate surface area is 372 Å². The summed E-state index contributed by atoms with van der Waals surface area (Å²) in [4.78, 5) is 0. The van der Waals surface area contributed by atoms with Crippen molar-refractivity contribution >= 4 is 107 Å². The van der Waals surface area contributed by atoms with Crippen LogP contribution in [0.15, 0.2) is 155 Å². The van der Waals surface area contributed by atoms with E-state index in [1.165, 1.54) is 75.8 Å². The van der Waals surface area contributed by atoms with Crippen LogP contribution in [-0.4, -0.2) is 43.2 Å². The monoisotopic (exact) mass is 934 g/mol. The van der Waals surface area contributed by atoms with E-state index in [4.69, 9.17) is 9.47 Å². The minimum absolute atomic E-state index is 0.462. The van der Waals surface area contributed by atoms with Crippen LogP contribution in [0.3, 0.4) is 0 Å². The molecule has 10 aromatic carbocycles. The Balaban J connectivity index is 0.685. The van der Waals surface area contributed by atoms with Crippen molar-refractivity contribution in [2.45, 2.75) is 25.9 Å². The van der Waals surface area contributed by atoms with Gasteiger partial charge in [-0.05, 0) is 143 Å². The summed E-state index contributed by atoms with van der Waals surface area (Å²) in [6.07, 6.45) is 1.22. The highest BCUT2D eigenvalue weighted by Crippen LogP contribution is 2.38. The number of fused-ring (bicyclic) bond motifs is 1. The molecule has 0 saturated carbocycles. The Kier molecular flexibility index (Phi) is 9.04. The average molecular weight is 937 g/mol. The van der Waals surface area contributed by atoms with E-state index >= 15 is 0 Å². The molecule has 0 atom stereocenters. The van der Waals surface area contributed by atoms with E-state index in [2.05, 4.69) is 186 Å². The van der Waals surface area contributed by atoms with Gasteiger partial charge in [0.2, 0.25) is 0 Å². The van der Waals surface area contributed by atoms with E-state index in [1.54, 1.807) is 0 Å². The molecule has 300 valence electrons. The smallest absolute Gasteiger partial charge is 0.128 e. The third-order valence-electron chi connectivity index (χ3n) is 12.4. The molecule has 0 N–H and O–H groups in total. The maximum absolute atomic E-state index is 6.25. The van der Waals surface area contributed by atoms with Crippen LogP contribution in [0.2, 0.25) is 0 Å². The summed E-state index contributed by atoms with van der Waals surface area (Å²) in [5.41, 5.74) is 4.13. The first-order chi connectivity index (χ1) is 30.5. The zero-order valence-corrected chi connectivity index (χ0v) is 36.5. The van der Waals surface area contributed by atoms with Crippen molar-refractivity contribution in [2.75, 3.05) is 13.2 Å². The van der Waals surface area contributed by atoms with Crippen molar-refractivity contribution in [1.82, 2.24) is 30.0 Å². The molecule has 2 aromatic heterocycles. The Morgan fingerprint density at radius 3 is 1.24 bits per heavy atom. The fourth-order valence-electron chi connectivity index (χ4n) is 9.29. The number of benzene rings is 10. The SMILES string of the molecule is Brc1c(CCOc2ccc3ccc(OCCc4nnn(Cc5ccc6ccc7cccc8ccc5c6c78)c4Br)cc3c2)nnn1Cc1ccc2ccc3cccc4ccc1c2c34. The van der Waals surface area contributed by atoms with E-state index in [9.17, 15) is 0 Å². The van der Waals surface area contributed by atoms with Gasteiger partial charge in [-0.2, -0.15) is 0 Å². The molecule has 2 heterocycles. The van der Waals surface area contributed by atoms with E-state index in [0.717, 1.165) is 42.9 Å². The van der Waals surface area contributed by atoms with Crippen molar-refractivity contribution in [3.05, 3.63) is 177 Å². The molecular formula is C52H36Br2N6O2. The second-order valence-electron chi connectivity index (χ2n) is 16.0. The van der Waals surface area contributed by atoms with Crippen LogP contribution < -0.4 is 9.47 Å². The maximum atomic E-state index is 6.25. The molecule has 8 nitrogen and oxygen atoms in total. The normalized spacial score (nSPS) is 12.1. The van der Waals surface area contributed by atoms with Crippen molar-refractivity contribution in [3.8, 4) is 11.5 Å². The highest BCUT2D eigenvalue weighted by atomic mass is 79.9. The molecule has 62 heavy (non-hydrogen) atoms. The lowest BCUT2D eigenvalue weighted by molar-refractivity contribution is 0.319. The van der Waals surface area contributed by atoms with Gasteiger partial charge in [0.1, 0.15) is 32.1 Å². The van der Waals surface area contributed by atoms with Gasteiger partial charge in [-0.1, -0.05) is 132 Å². The zero-order chi connectivity index (χ0) is 41.3. The van der Waals surface area contributed by atoms with Crippen molar-refractivity contribution < 1.29 is 9.47 Å². The Hall–Kier alpha value is -6.62. The molecule has 0 aliphatic heterocycles. The fraction of sp³-hybridized carbons (Fsp3) is 0.115. The second kappa shape index (κ2) is 15.1. The maximum Gasteiger partial charge on any atom is 0.128 e. The largest absolute Gasteiger partial charge is 0.493 e. The standard InChI is InChI=1S/C52H36Br2N6O2/c53-51-45(55-57-59(51)29-38-13-11-36-9-7-32-3-1-5-34-17-21-43(38)49(36)47(32)34)23-25-61-41-19-15-31-16-20-42(28-40(31)27-41)62-26-24-46-52(54)60(58-56-46)30-39-14-12-37-10-8-33-4-2-6-35-18-22-44(39)50(37)48(33)35/h1-22,27-28H,23-26,29-30H2. The molecule has 0 spiro atoms. The quantitative estimate of drug-likeness (QED) is 0.114. The molecule has 0 unspecified atom stereocenters. The van der Waals surface area contributed by atoms with Gasteiger partial charge < -0.3 is 9.47 Å². The third-order valence-corrected chi connectivity index (χ3v) is 14.1. The topological polar surface area (TPSA) is 79.9 Å². The van der Waals surface area contributed by atoms with Crippen LogP contribution in [0.25, 0.3) is 75.4 Å². The summed E-state index contributed by atoms with van der Waals surface area (Å²) < 4.78 is 18.1. The van der Waals surface area contributed by atoms with Crippen LogP contribution in [0.4, 0.5) is 0 Å². The highest BCUT2D eigenvalue weighted by Gasteiger charge is 2.17. The molecule has 0 aliphatic rings. The molecule has 0 bridgehead atoms. The number of rotatable bonds is 12. The Bertz CT molecular complexity index is 3390. The summed E-state index contributed by atoms with van der Waals surface area (Å²) in [6.45, 7) is 2.14. The van der Waals surface area contributed by atoms with Gasteiger partial charge in [0.05, 0.1) is 26.3 Å². The number of hydrogen-bond donors (Lipinski definition) is 0. The first-order valence-electron chi connectivity index (χ1n) is 20.8. The van der Waals surface area contributed by atoms with Gasteiger partial charge in [0.25, 0.3) is 0 Å². The lowest BCUT2D eigenvalue weighted by Gasteiger charge is -2.14. The lowest BCUT2D eigenvalue weighted by atomic mass is 9.92. The summed E-state index contributed by atoms with van der Waals surface area (Å²) in [7, 11) is 0. The van der Waals surface area contributed by atoms with Crippen LogP contribution >= 0.6 is 31.9 Å². The second-order valence-corrected chi connectivity index (χ2v) is 17.5. The van der Waals surface area contributed by atoms with Crippen molar-refractivity contribution in [3.63, 3.8) is 0 Å². The summed E-state index contributed by atoms with van der Waals surface area (Å²) in [5.74, 6) is 1.58. The summed E-state index contributed by atoms with van der Waals surface area (Å²) in [6, 6.07) is 51.9. The molecule has 12 aromatic rings. The van der Waals surface area contributed by atoms with E-state index in [-0.39, 0.29) is 0 Å². The molecule has 0 radical (unpaired) electrons. The molecular weight excluding hydrogens is 900 g/mol. The van der Waals surface area contributed by atoms with Crippen LogP contribution in [0, 0.1) is 0 Å². The Morgan fingerprint density at radius 2 is 0.790 bits per heavy atom. The van der Waals surface area contributed by atoms with Crippen molar-refractivity contribution in [2.24, 2.45) is 0 Å². The number of aromatic nitrogens is 6. The minimum Gasteiger partial charge on any atom is -0.493 e. The lowest BCUT2D eigenvalue weighted by Crippen LogP contribution is -2.05. The summed E-state index contributed by atoms with van der Waals surface area (Å²) >= 11 is 7.59. The van der Waals surface area contributed by atoms with Gasteiger partial charge in [-0.25, -0.2) is 9.36 Å². The third kappa shape index (κ3) is 6.39. The first-order valence-corrected chi connectivity index (χ1v) is 22.4. The number of halogens is 2. The number of hydrogen-bond acceptors (Lipinski definition) is 6.